The third-order valence-corrected chi connectivity index (χ3v) is 3.69. The minimum atomic E-state index is -0.481. The van der Waals surface area contributed by atoms with E-state index in [0.29, 0.717) is 0 Å². The van der Waals surface area contributed by atoms with Crippen LogP contribution < -0.4 is 10.2 Å². The van der Waals surface area contributed by atoms with Crippen molar-refractivity contribution in [2.45, 2.75) is 25.9 Å². The monoisotopic (exact) mass is 263 g/mol. The Morgan fingerprint density at radius 3 is 2.79 bits per heavy atom. The molecule has 5 nitrogen and oxygen atoms in total. The normalized spacial score (nSPS) is 18.2. The van der Waals surface area contributed by atoms with Crippen molar-refractivity contribution in [3.63, 3.8) is 0 Å². The molecule has 0 saturated carbocycles. The largest absolute Gasteiger partial charge is 0.389 e. The lowest BCUT2D eigenvalue weighted by Gasteiger charge is -2.32. The summed E-state index contributed by atoms with van der Waals surface area (Å²) in [6.07, 6.45) is 2.94. The van der Waals surface area contributed by atoms with Crippen molar-refractivity contribution >= 4 is 11.7 Å². The molecule has 1 aromatic rings. The average molecular weight is 263 g/mol. The molecule has 2 rings (SSSR count). The van der Waals surface area contributed by atoms with Gasteiger partial charge in [-0.05, 0) is 37.5 Å². The highest BCUT2D eigenvalue weighted by molar-refractivity contribution is 5.78. The molecule has 1 amide bonds. The van der Waals surface area contributed by atoms with E-state index >= 15 is 0 Å². The van der Waals surface area contributed by atoms with Crippen molar-refractivity contribution in [3.05, 3.63) is 23.9 Å². The first-order valence-corrected chi connectivity index (χ1v) is 6.72. The SMILES string of the molecule is CNC(=O)C1CCN(c2cc([C@@H](C)O)ccn2)CC1. The molecule has 1 aliphatic rings. The van der Waals surface area contributed by atoms with Crippen LogP contribution in [0, 0.1) is 5.92 Å². The molecule has 0 spiro atoms. The first kappa shape index (κ1) is 13.8. The maximum Gasteiger partial charge on any atom is 0.222 e. The zero-order chi connectivity index (χ0) is 13.8. The molecule has 0 aromatic carbocycles. The number of hydrogen-bond acceptors (Lipinski definition) is 4. The Hall–Kier alpha value is -1.62. The third kappa shape index (κ3) is 3.23. The van der Waals surface area contributed by atoms with E-state index in [1.165, 1.54) is 0 Å². The Morgan fingerprint density at radius 2 is 2.21 bits per heavy atom. The smallest absolute Gasteiger partial charge is 0.222 e. The Labute approximate surface area is 113 Å². The molecule has 0 unspecified atom stereocenters. The molecular weight excluding hydrogens is 242 g/mol. The van der Waals surface area contributed by atoms with Gasteiger partial charge in [0.15, 0.2) is 0 Å². The van der Waals surface area contributed by atoms with Crippen LogP contribution >= 0.6 is 0 Å². The molecule has 2 heterocycles. The quantitative estimate of drug-likeness (QED) is 0.857. The summed E-state index contributed by atoms with van der Waals surface area (Å²) in [5.74, 6) is 1.13. The van der Waals surface area contributed by atoms with E-state index in [4.69, 9.17) is 0 Å². The van der Waals surface area contributed by atoms with E-state index in [2.05, 4.69) is 15.2 Å². The highest BCUT2D eigenvalue weighted by Crippen LogP contribution is 2.24. The van der Waals surface area contributed by atoms with Crippen molar-refractivity contribution in [2.75, 3.05) is 25.0 Å². The summed E-state index contributed by atoms with van der Waals surface area (Å²) in [6.45, 7) is 3.40. The topological polar surface area (TPSA) is 65.5 Å². The van der Waals surface area contributed by atoms with Crippen LogP contribution in [0.2, 0.25) is 0 Å². The van der Waals surface area contributed by atoms with Crippen LogP contribution in [0.5, 0.6) is 0 Å². The summed E-state index contributed by atoms with van der Waals surface area (Å²) >= 11 is 0. The standard InChI is InChI=1S/C14H21N3O2/c1-10(18)12-3-6-16-13(9-12)17-7-4-11(5-8-17)14(19)15-2/h3,6,9-11,18H,4-5,7-8H2,1-2H3,(H,15,19)/t10-/m1/s1. The second kappa shape index (κ2) is 6.02. The molecule has 1 atom stereocenters. The molecule has 1 saturated heterocycles. The van der Waals surface area contributed by atoms with Gasteiger partial charge in [0, 0.05) is 32.3 Å². The predicted octanol–water partition coefficient (Wildman–Crippen LogP) is 1.10. The highest BCUT2D eigenvalue weighted by Gasteiger charge is 2.24. The number of amides is 1. The first-order chi connectivity index (χ1) is 9.11. The summed E-state index contributed by atoms with van der Waals surface area (Å²) in [4.78, 5) is 18.1. The van der Waals surface area contributed by atoms with E-state index in [1.807, 2.05) is 12.1 Å². The number of carbonyl (C=O) groups excluding carboxylic acids is 1. The second-order valence-electron chi connectivity index (χ2n) is 5.00. The average Bonchev–Trinajstić information content (AvgIpc) is 2.46. The van der Waals surface area contributed by atoms with Crippen LogP contribution in [-0.2, 0) is 4.79 Å². The van der Waals surface area contributed by atoms with Gasteiger partial charge in [-0.15, -0.1) is 0 Å². The number of anilines is 1. The lowest BCUT2D eigenvalue weighted by Crippen LogP contribution is -2.39. The van der Waals surface area contributed by atoms with Crippen molar-refractivity contribution < 1.29 is 9.90 Å². The number of piperidine rings is 1. The van der Waals surface area contributed by atoms with Gasteiger partial charge >= 0.3 is 0 Å². The number of hydrogen-bond donors (Lipinski definition) is 2. The number of nitrogens with one attached hydrogen (secondary N) is 1. The van der Waals surface area contributed by atoms with Gasteiger partial charge in [0.1, 0.15) is 5.82 Å². The Kier molecular flexibility index (Phi) is 4.37. The minimum absolute atomic E-state index is 0.112. The lowest BCUT2D eigenvalue weighted by atomic mass is 9.96. The van der Waals surface area contributed by atoms with E-state index in [1.54, 1.807) is 20.2 Å². The van der Waals surface area contributed by atoms with Crippen molar-refractivity contribution in [2.24, 2.45) is 5.92 Å². The lowest BCUT2D eigenvalue weighted by molar-refractivity contribution is -0.125. The van der Waals surface area contributed by atoms with Crippen molar-refractivity contribution in [1.82, 2.24) is 10.3 Å². The fourth-order valence-corrected chi connectivity index (χ4v) is 2.44. The van der Waals surface area contributed by atoms with E-state index in [9.17, 15) is 9.90 Å². The van der Waals surface area contributed by atoms with E-state index in [-0.39, 0.29) is 11.8 Å². The van der Waals surface area contributed by atoms with E-state index in [0.717, 1.165) is 37.3 Å². The molecule has 1 fully saturated rings. The molecule has 104 valence electrons. The fraction of sp³-hybridized carbons (Fsp3) is 0.571. The number of aliphatic hydroxyl groups excluding tert-OH is 1. The molecular formula is C14H21N3O2. The molecule has 19 heavy (non-hydrogen) atoms. The van der Waals surface area contributed by atoms with Crippen molar-refractivity contribution in [1.29, 1.82) is 0 Å². The molecule has 1 aromatic heterocycles. The zero-order valence-electron chi connectivity index (χ0n) is 11.5. The number of nitrogens with zero attached hydrogens (tertiary/aromatic N) is 2. The van der Waals surface area contributed by atoms with Crippen LogP contribution in [0.4, 0.5) is 5.82 Å². The van der Waals surface area contributed by atoms with Gasteiger partial charge in [0.05, 0.1) is 6.10 Å². The van der Waals surface area contributed by atoms with Gasteiger partial charge in [-0.25, -0.2) is 4.98 Å². The fourth-order valence-electron chi connectivity index (χ4n) is 2.44. The third-order valence-electron chi connectivity index (χ3n) is 3.69. The van der Waals surface area contributed by atoms with Crippen LogP contribution in [0.1, 0.15) is 31.4 Å². The van der Waals surface area contributed by atoms with Crippen molar-refractivity contribution in [3.8, 4) is 0 Å². The summed E-state index contributed by atoms with van der Waals surface area (Å²) < 4.78 is 0. The number of aromatic nitrogens is 1. The maximum atomic E-state index is 11.6. The summed E-state index contributed by atoms with van der Waals surface area (Å²) in [5, 5.41) is 12.3. The van der Waals surface area contributed by atoms with Crippen LogP contribution in [0.3, 0.4) is 0 Å². The summed E-state index contributed by atoms with van der Waals surface area (Å²) in [5.41, 5.74) is 0.874. The number of aliphatic hydroxyl groups is 1. The Morgan fingerprint density at radius 1 is 1.53 bits per heavy atom. The maximum absolute atomic E-state index is 11.6. The zero-order valence-corrected chi connectivity index (χ0v) is 11.5. The van der Waals surface area contributed by atoms with Gasteiger partial charge in [0.2, 0.25) is 5.91 Å². The molecule has 5 heteroatoms. The Balaban J connectivity index is 2.01. The molecule has 0 radical (unpaired) electrons. The van der Waals surface area contributed by atoms with Gasteiger partial charge in [-0.1, -0.05) is 0 Å². The summed E-state index contributed by atoms with van der Waals surface area (Å²) in [7, 11) is 1.68. The van der Waals surface area contributed by atoms with Crippen LogP contribution in [0.15, 0.2) is 18.3 Å². The first-order valence-electron chi connectivity index (χ1n) is 6.72. The summed E-state index contributed by atoms with van der Waals surface area (Å²) in [6, 6.07) is 3.75. The predicted molar refractivity (Wildman–Crippen MR) is 73.9 cm³/mol. The molecule has 0 bridgehead atoms. The second-order valence-corrected chi connectivity index (χ2v) is 5.00. The van der Waals surface area contributed by atoms with Crippen LogP contribution in [-0.4, -0.2) is 36.1 Å². The minimum Gasteiger partial charge on any atom is -0.389 e. The molecule has 1 aliphatic heterocycles. The molecule has 2 N–H and O–H groups in total. The molecule has 0 aliphatic carbocycles. The van der Waals surface area contributed by atoms with Gasteiger partial charge in [-0.2, -0.15) is 0 Å². The highest BCUT2D eigenvalue weighted by atomic mass is 16.3. The van der Waals surface area contributed by atoms with Crippen LogP contribution in [0.25, 0.3) is 0 Å². The number of carbonyl (C=O) groups is 1. The van der Waals surface area contributed by atoms with E-state index < -0.39 is 6.10 Å². The Bertz CT molecular complexity index is 440. The number of rotatable bonds is 3. The van der Waals surface area contributed by atoms with Gasteiger partial charge in [0.25, 0.3) is 0 Å². The number of pyridine rings is 1. The van der Waals surface area contributed by atoms with Gasteiger partial charge < -0.3 is 15.3 Å². The van der Waals surface area contributed by atoms with Gasteiger partial charge in [-0.3, -0.25) is 4.79 Å².